The third-order valence-electron chi connectivity index (χ3n) is 4.91. The van der Waals surface area contributed by atoms with Gasteiger partial charge in [-0.05, 0) is 44.1 Å². The first-order valence-electron chi connectivity index (χ1n) is 7.71. The van der Waals surface area contributed by atoms with E-state index in [1.165, 1.54) is 0 Å². The van der Waals surface area contributed by atoms with Crippen molar-refractivity contribution in [3.63, 3.8) is 0 Å². The zero-order valence-corrected chi connectivity index (χ0v) is 12.4. The summed E-state index contributed by atoms with van der Waals surface area (Å²) in [6.45, 7) is 7.59. The fraction of sp³-hybridized carbons (Fsp3) is 0.933. The Morgan fingerprint density at radius 3 is 2.63 bits per heavy atom. The molecule has 110 valence electrons. The maximum Gasteiger partial charge on any atom is 0.226 e. The molecule has 19 heavy (non-hydrogen) atoms. The summed E-state index contributed by atoms with van der Waals surface area (Å²) in [6, 6.07) is 0. The van der Waals surface area contributed by atoms with Gasteiger partial charge in [0.1, 0.15) is 0 Å². The molecule has 1 aliphatic heterocycles. The van der Waals surface area contributed by atoms with Gasteiger partial charge in [-0.15, -0.1) is 0 Å². The predicted molar refractivity (Wildman–Crippen MR) is 75.7 cm³/mol. The first-order chi connectivity index (χ1) is 9.10. The van der Waals surface area contributed by atoms with E-state index >= 15 is 0 Å². The lowest BCUT2D eigenvalue weighted by atomic mass is 10.0. The smallest absolute Gasteiger partial charge is 0.226 e. The van der Waals surface area contributed by atoms with Gasteiger partial charge in [0.15, 0.2) is 0 Å². The molecule has 1 saturated heterocycles. The summed E-state index contributed by atoms with van der Waals surface area (Å²) in [5.41, 5.74) is 5.74. The summed E-state index contributed by atoms with van der Waals surface area (Å²) in [7, 11) is 0. The Bertz CT molecular complexity index is 313. The zero-order chi connectivity index (χ0) is 13.9. The van der Waals surface area contributed by atoms with Gasteiger partial charge in [0.05, 0.1) is 6.10 Å². The van der Waals surface area contributed by atoms with Crippen LogP contribution in [0.3, 0.4) is 0 Å². The molecule has 2 fully saturated rings. The lowest BCUT2D eigenvalue weighted by Gasteiger charge is -2.32. The molecule has 2 rings (SSSR count). The van der Waals surface area contributed by atoms with Crippen LogP contribution in [0.5, 0.6) is 0 Å². The number of amides is 1. The third-order valence-corrected chi connectivity index (χ3v) is 4.91. The second kappa shape index (κ2) is 6.23. The summed E-state index contributed by atoms with van der Waals surface area (Å²) in [5.74, 6) is 0.664. The van der Waals surface area contributed by atoms with E-state index in [0.717, 1.165) is 51.8 Å². The number of nitrogens with zero attached hydrogens (tertiary/aromatic N) is 1. The van der Waals surface area contributed by atoms with Crippen molar-refractivity contribution in [3.05, 3.63) is 0 Å². The fourth-order valence-electron chi connectivity index (χ4n) is 2.98. The standard InChI is InChI=1S/C15H28N2O2/c1-3-15(2)11-13(15)14(18)17-8-5-12(6-9-17)19-10-4-7-16/h12-13H,3-11,16H2,1-2H3/t13-,15+/m0/s1. The molecule has 2 N–H and O–H groups in total. The Balaban J connectivity index is 1.70. The van der Waals surface area contributed by atoms with Gasteiger partial charge in [-0.1, -0.05) is 13.8 Å². The molecular formula is C15H28N2O2. The summed E-state index contributed by atoms with van der Waals surface area (Å²) in [4.78, 5) is 14.4. The first-order valence-corrected chi connectivity index (χ1v) is 7.71. The van der Waals surface area contributed by atoms with Crippen molar-refractivity contribution < 1.29 is 9.53 Å². The van der Waals surface area contributed by atoms with Crippen LogP contribution in [0.4, 0.5) is 0 Å². The number of carbonyl (C=O) groups excluding carboxylic acids is 1. The van der Waals surface area contributed by atoms with Gasteiger partial charge in [-0.3, -0.25) is 4.79 Å². The normalized spacial score (nSPS) is 31.5. The predicted octanol–water partition coefficient (Wildman–Crippen LogP) is 1.78. The highest BCUT2D eigenvalue weighted by molar-refractivity contribution is 5.82. The van der Waals surface area contributed by atoms with Gasteiger partial charge < -0.3 is 15.4 Å². The van der Waals surface area contributed by atoms with E-state index in [1.54, 1.807) is 0 Å². The molecule has 0 bridgehead atoms. The monoisotopic (exact) mass is 268 g/mol. The van der Waals surface area contributed by atoms with Crippen LogP contribution in [0.25, 0.3) is 0 Å². The van der Waals surface area contributed by atoms with Gasteiger partial charge >= 0.3 is 0 Å². The molecule has 2 aliphatic rings. The van der Waals surface area contributed by atoms with E-state index in [1.807, 2.05) is 4.90 Å². The van der Waals surface area contributed by atoms with E-state index in [-0.39, 0.29) is 11.3 Å². The highest BCUT2D eigenvalue weighted by Crippen LogP contribution is 2.55. The lowest BCUT2D eigenvalue weighted by Crippen LogP contribution is -2.42. The highest BCUT2D eigenvalue weighted by Gasteiger charge is 2.54. The number of piperidine rings is 1. The SMILES string of the molecule is CC[C@]1(C)C[C@H]1C(=O)N1CCC(OCCCN)CC1. The van der Waals surface area contributed by atoms with Crippen molar-refractivity contribution in [2.24, 2.45) is 17.1 Å². The van der Waals surface area contributed by atoms with Crippen molar-refractivity contribution in [1.82, 2.24) is 4.90 Å². The molecule has 1 heterocycles. The maximum atomic E-state index is 12.4. The molecule has 0 radical (unpaired) electrons. The minimum atomic E-state index is 0.283. The summed E-state index contributed by atoms with van der Waals surface area (Å²) in [6.07, 6.45) is 5.40. The van der Waals surface area contributed by atoms with Crippen LogP contribution >= 0.6 is 0 Å². The van der Waals surface area contributed by atoms with Crippen molar-refractivity contribution in [1.29, 1.82) is 0 Å². The number of carbonyl (C=O) groups is 1. The van der Waals surface area contributed by atoms with Crippen LogP contribution in [0.1, 0.15) is 46.0 Å². The summed E-state index contributed by atoms with van der Waals surface area (Å²) >= 11 is 0. The fourth-order valence-corrected chi connectivity index (χ4v) is 2.98. The van der Waals surface area contributed by atoms with Gasteiger partial charge in [0.25, 0.3) is 0 Å². The summed E-state index contributed by atoms with van der Waals surface area (Å²) in [5, 5.41) is 0. The first kappa shape index (κ1) is 14.8. The van der Waals surface area contributed by atoms with Gasteiger partial charge in [-0.2, -0.15) is 0 Å². The van der Waals surface area contributed by atoms with Crippen LogP contribution in [0.2, 0.25) is 0 Å². The highest BCUT2D eigenvalue weighted by atomic mass is 16.5. The topological polar surface area (TPSA) is 55.6 Å². The van der Waals surface area contributed by atoms with Crippen LogP contribution in [-0.4, -0.2) is 43.2 Å². The maximum absolute atomic E-state index is 12.4. The van der Waals surface area contributed by atoms with Crippen LogP contribution < -0.4 is 5.73 Å². The van der Waals surface area contributed by atoms with Crippen LogP contribution in [0.15, 0.2) is 0 Å². The van der Waals surface area contributed by atoms with Gasteiger partial charge in [0, 0.05) is 25.6 Å². The number of hydrogen-bond acceptors (Lipinski definition) is 3. The number of ether oxygens (including phenoxy) is 1. The lowest BCUT2D eigenvalue weighted by molar-refractivity contribution is -0.136. The largest absolute Gasteiger partial charge is 0.378 e. The molecule has 0 aromatic heterocycles. The molecule has 0 spiro atoms. The van der Waals surface area contributed by atoms with E-state index in [9.17, 15) is 4.79 Å². The minimum Gasteiger partial charge on any atom is -0.378 e. The molecule has 0 unspecified atom stereocenters. The van der Waals surface area contributed by atoms with Gasteiger partial charge in [0.2, 0.25) is 5.91 Å². The molecule has 0 aromatic rings. The van der Waals surface area contributed by atoms with E-state index in [2.05, 4.69) is 13.8 Å². The Morgan fingerprint density at radius 1 is 1.42 bits per heavy atom. The number of rotatable bonds is 6. The average Bonchev–Trinajstić information content (AvgIpc) is 3.12. The van der Waals surface area contributed by atoms with E-state index in [4.69, 9.17) is 10.5 Å². The Hall–Kier alpha value is -0.610. The second-order valence-corrected chi connectivity index (χ2v) is 6.30. The molecule has 1 aliphatic carbocycles. The minimum absolute atomic E-state index is 0.283. The van der Waals surface area contributed by atoms with Crippen molar-refractivity contribution in [2.75, 3.05) is 26.2 Å². The molecule has 4 nitrogen and oxygen atoms in total. The number of likely N-dealkylation sites (tertiary alicyclic amines) is 1. The Kier molecular flexibility index (Phi) is 4.85. The van der Waals surface area contributed by atoms with Crippen LogP contribution in [-0.2, 0) is 9.53 Å². The van der Waals surface area contributed by atoms with Crippen molar-refractivity contribution >= 4 is 5.91 Å². The average molecular weight is 268 g/mol. The second-order valence-electron chi connectivity index (χ2n) is 6.30. The summed E-state index contributed by atoms with van der Waals surface area (Å²) < 4.78 is 5.77. The zero-order valence-electron chi connectivity index (χ0n) is 12.4. The van der Waals surface area contributed by atoms with Crippen LogP contribution in [0, 0.1) is 11.3 Å². The molecule has 1 amide bonds. The molecule has 0 aromatic carbocycles. The Labute approximate surface area is 116 Å². The Morgan fingerprint density at radius 2 is 2.11 bits per heavy atom. The quantitative estimate of drug-likeness (QED) is 0.747. The number of hydrogen-bond donors (Lipinski definition) is 1. The van der Waals surface area contributed by atoms with Crippen molar-refractivity contribution in [2.45, 2.75) is 52.1 Å². The third kappa shape index (κ3) is 3.48. The molecule has 4 heteroatoms. The molecular weight excluding hydrogens is 240 g/mol. The van der Waals surface area contributed by atoms with Crippen molar-refractivity contribution in [3.8, 4) is 0 Å². The number of nitrogens with two attached hydrogens (primary N) is 1. The molecule has 2 atom stereocenters. The molecule has 1 saturated carbocycles. The van der Waals surface area contributed by atoms with E-state index in [0.29, 0.717) is 18.6 Å². The van der Waals surface area contributed by atoms with E-state index < -0.39 is 0 Å². The van der Waals surface area contributed by atoms with Gasteiger partial charge in [-0.25, -0.2) is 0 Å².